The van der Waals surface area contributed by atoms with E-state index in [1.165, 1.54) is 0 Å². The Morgan fingerprint density at radius 3 is 2.87 bits per heavy atom. The summed E-state index contributed by atoms with van der Waals surface area (Å²) in [5.74, 6) is 0.155. The zero-order valence-electron chi connectivity index (χ0n) is 8.66. The number of carbonyl (C=O) groups is 1. The summed E-state index contributed by atoms with van der Waals surface area (Å²) in [6, 6.07) is 7.72. The number of amides is 1. The predicted molar refractivity (Wildman–Crippen MR) is 57.5 cm³/mol. The number of benzene rings is 1. The van der Waals surface area contributed by atoms with Gasteiger partial charge in [0.1, 0.15) is 0 Å². The van der Waals surface area contributed by atoms with Crippen molar-refractivity contribution >= 4 is 11.6 Å². The van der Waals surface area contributed by atoms with Crippen LogP contribution in [0.15, 0.2) is 18.2 Å². The van der Waals surface area contributed by atoms with Gasteiger partial charge in [-0.1, -0.05) is 6.07 Å². The topological polar surface area (TPSA) is 44.1 Å². The third-order valence-electron chi connectivity index (χ3n) is 2.73. The van der Waals surface area contributed by atoms with Crippen LogP contribution in [0.4, 0.5) is 5.69 Å². The molecule has 0 bridgehead atoms. The van der Waals surface area contributed by atoms with Crippen LogP contribution in [0.3, 0.4) is 0 Å². The summed E-state index contributed by atoms with van der Waals surface area (Å²) in [6.45, 7) is 2.67. The van der Waals surface area contributed by atoms with Crippen molar-refractivity contribution in [3.05, 3.63) is 29.3 Å². The standard InChI is InChI=1S/C12H12N2O/c1-9-4-5-11(7-10(9)8-13)14-6-2-3-12(14)15/h4-5,7H,2-3,6H2,1H3. The van der Waals surface area contributed by atoms with Crippen LogP contribution in [0.1, 0.15) is 24.0 Å². The number of nitriles is 1. The molecule has 0 radical (unpaired) electrons. The van der Waals surface area contributed by atoms with Crippen molar-refractivity contribution in [3.63, 3.8) is 0 Å². The molecule has 1 aromatic rings. The molecule has 0 aromatic heterocycles. The molecule has 1 heterocycles. The Hall–Kier alpha value is -1.82. The van der Waals surface area contributed by atoms with E-state index in [2.05, 4.69) is 6.07 Å². The summed E-state index contributed by atoms with van der Waals surface area (Å²) in [5, 5.41) is 8.90. The van der Waals surface area contributed by atoms with Crippen LogP contribution < -0.4 is 4.90 Å². The molecule has 1 fully saturated rings. The molecule has 0 N–H and O–H groups in total. The van der Waals surface area contributed by atoms with Crippen LogP contribution in [0.5, 0.6) is 0 Å². The first-order valence-corrected chi connectivity index (χ1v) is 5.03. The smallest absolute Gasteiger partial charge is 0.227 e. The Balaban J connectivity index is 2.37. The van der Waals surface area contributed by atoms with Crippen molar-refractivity contribution in [2.45, 2.75) is 19.8 Å². The summed E-state index contributed by atoms with van der Waals surface area (Å²) >= 11 is 0. The Labute approximate surface area is 88.9 Å². The van der Waals surface area contributed by atoms with Gasteiger partial charge in [0.2, 0.25) is 5.91 Å². The SMILES string of the molecule is Cc1ccc(N2CCCC2=O)cc1C#N. The van der Waals surface area contributed by atoms with E-state index in [9.17, 15) is 4.79 Å². The van der Waals surface area contributed by atoms with E-state index >= 15 is 0 Å². The first-order valence-electron chi connectivity index (χ1n) is 5.03. The minimum absolute atomic E-state index is 0.155. The molecule has 15 heavy (non-hydrogen) atoms. The van der Waals surface area contributed by atoms with Gasteiger partial charge in [-0.05, 0) is 31.0 Å². The summed E-state index contributed by atoms with van der Waals surface area (Å²) in [4.78, 5) is 13.3. The van der Waals surface area contributed by atoms with Gasteiger partial charge in [-0.15, -0.1) is 0 Å². The van der Waals surface area contributed by atoms with Crippen molar-refractivity contribution in [1.29, 1.82) is 5.26 Å². The van der Waals surface area contributed by atoms with E-state index < -0.39 is 0 Å². The lowest BCUT2D eigenvalue weighted by Gasteiger charge is -2.16. The number of aryl methyl sites for hydroxylation is 1. The van der Waals surface area contributed by atoms with E-state index in [0.29, 0.717) is 12.0 Å². The van der Waals surface area contributed by atoms with Gasteiger partial charge in [0.05, 0.1) is 11.6 Å². The number of hydrogen-bond acceptors (Lipinski definition) is 2. The molecule has 2 rings (SSSR count). The maximum atomic E-state index is 11.5. The van der Waals surface area contributed by atoms with E-state index in [4.69, 9.17) is 5.26 Å². The van der Waals surface area contributed by atoms with Crippen molar-refractivity contribution in [1.82, 2.24) is 0 Å². The van der Waals surface area contributed by atoms with Gasteiger partial charge in [-0.25, -0.2) is 0 Å². The molecule has 1 aliphatic rings. The van der Waals surface area contributed by atoms with E-state index in [1.54, 1.807) is 11.0 Å². The third kappa shape index (κ3) is 1.71. The molecule has 3 heteroatoms. The molecule has 1 saturated heterocycles. The van der Waals surface area contributed by atoms with Gasteiger partial charge in [-0.3, -0.25) is 4.79 Å². The lowest BCUT2D eigenvalue weighted by Crippen LogP contribution is -2.23. The van der Waals surface area contributed by atoms with Crippen LogP contribution in [-0.2, 0) is 4.79 Å². The zero-order valence-corrected chi connectivity index (χ0v) is 8.66. The van der Waals surface area contributed by atoms with Crippen molar-refractivity contribution in [2.24, 2.45) is 0 Å². The molecule has 0 aliphatic carbocycles. The van der Waals surface area contributed by atoms with Crippen LogP contribution in [0.25, 0.3) is 0 Å². The van der Waals surface area contributed by atoms with Gasteiger partial charge >= 0.3 is 0 Å². The second-order valence-electron chi connectivity index (χ2n) is 3.76. The Morgan fingerprint density at radius 2 is 2.27 bits per heavy atom. The minimum atomic E-state index is 0.155. The summed E-state index contributed by atoms with van der Waals surface area (Å²) in [7, 11) is 0. The molecule has 76 valence electrons. The fourth-order valence-corrected chi connectivity index (χ4v) is 1.82. The Morgan fingerprint density at radius 1 is 1.47 bits per heavy atom. The number of rotatable bonds is 1. The van der Waals surface area contributed by atoms with E-state index in [1.807, 2.05) is 19.1 Å². The molecule has 0 spiro atoms. The largest absolute Gasteiger partial charge is 0.312 e. The van der Waals surface area contributed by atoms with Gasteiger partial charge in [0.15, 0.2) is 0 Å². The van der Waals surface area contributed by atoms with Gasteiger partial charge in [-0.2, -0.15) is 5.26 Å². The molecule has 3 nitrogen and oxygen atoms in total. The van der Waals surface area contributed by atoms with Crippen LogP contribution in [0.2, 0.25) is 0 Å². The summed E-state index contributed by atoms with van der Waals surface area (Å²) in [6.07, 6.45) is 1.53. The highest BCUT2D eigenvalue weighted by Gasteiger charge is 2.21. The normalized spacial score (nSPS) is 15.5. The highest BCUT2D eigenvalue weighted by atomic mass is 16.2. The van der Waals surface area contributed by atoms with E-state index in [0.717, 1.165) is 24.2 Å². The first kappa shape index (κ1) is 9.72. The Bertz CT molecular complexity index is 445. The fraction of sp³-hybridized carbons (Fsp3) is 0.333. The predicted octanol–water partition coefficient (Wildman–Crippen LogP) is 1.99. The van der Waals surface area contributed by atoms with E-state index in [-0.39, 0.29) is 5.91 Å². The molecule has 1 amide bonds. The minimum Gasteiger partial charge on any atom is -0.312 e. The quantitative estimate of drug-likeness (QED) is 0.695. The van der Waals surface area contributed by atoms with Crippen molar-refractivity contribution < 1.29 is 4.79 Å². The molecule has 0 atom stereocenters. The summed E-state index contributed by atoms with van der Waals surface area (Å²) in [5.41, 5.74) is 2.44. The molecular formula is C12H12N2O. The Kier molecular flexibility index (Phi) is 2.42. The van der Waals surface area contributed by atoms with Crippen LogP contribution in [-0.4, -0.2) is 12.5 Å². The molecular weight excluding hydrogens is 188 g/mol. The maximum Gasteiger partial charge on any atom is 0.227 e. The van der Waals surface area contributed by atoms with Crippen molar-refractivity contribution in [2.75, 3.05) is 11.4 Å². The third-order valence-corrected chi connectivity index (χ3v) is 2.73. The second kappa shape index (κ2) is 3.74. The molecule has 1 aliphatic heterocycles. The highest BCUT2D eigenvalue weighted by molar-refractivity contribution is 5.95. The van der Waals surface area contributed by atoms with Gasteiger partial charge in [0, 0.05) is 18.7 Å². The molecule has 1 aromatic carbocycles. The number of carbonyl (C=O) groups excluding carboxylic acids is 1. The highest BCUT2D eigenvalue weighted by Crippen LogP contribution is 2.23. The van der Waals surface area contributed by atoms with Gasteiger partial charge in [0.25, 0.3) is 0 Å². The maximum absolute atomic E-state index is 11.5. The molecule has 0 unspecified atom stereocenters. The summed E-state index contributed by atoms with van der Waals surface area (Å²) < 4.78 is 0. The number of hydrogen-bond donors (Lipinski definition) is 0. The lowest BCUT2D eigenvalue weighted by atomic mass is 10.1. The monoisotopic (exact) mass is 200 g/mol. The average Bonchev–Trinajstić information content (AvgIpc) is 2.65. The van der Waals surface area contributed by atoms with Gasteiger partial charge < -0.3 is 4.90 Å². The number of nitrogens with zero attached hydrogens (tertiary/aromatic N) is 2. The number of anilines is 1. The second-order valence-corrected chi connectivity index (χ2v) is 3.76. The average molecular weight is 200 g/mol. The lowest BCUT2D eigenvalue weighted by molar-refractivity contribution is -0.117. The van der Waals surface area contributed by atoms with Crippen LogP contribution in [0, 0.1) is 18.3 Å². The zero-order chi connectivity index (χ0) is 10.8. The molecule has 0 saturated carbocycles. The van der Waals surface area contributed by atoms with Crippen LogP contribution >= 0.6 is 0 Å². The van der Waals surface area contributed by atoms with Crippen molar-refractivity contribution in [3.8, 4) is 6.07 Å². The first-order chi connectivity index (χ1) is 7.22. The fourth-order valence-electron chi connectivity index (χ4n) is 1.82.